The number of rotatable bonds is 3. The molecular weight excluding hydrogens is 241 g/mol. The lowest BCUT2D eigenvalue weighted by molar-refractivity contribution is -0.121. The molecule has 1 N–H and O–H groups in total. The first kappa shape index (κ1) is 13.7. The zero-order chi connectivity index (χ0) is 13.1. The number of anilines is 1. The lowest BCUT2D eigenvalue weighted by Crippen LogP contribution is -2.17. The van der Waals surface area contributed by atoms with Crippen LogP contribution in [0.2, 0.25) is 5.02 Å². The van der Waals surface area contributed by atoms with Crippen molar-refractivity contribution >= 4 is 23.1 Å². The zero-order valence-electron chi connectivity index (χ0n) is 10.1. The van der Waals surface area contributed by atoms with Crippen LogP contribution in [-0.4, -0.2) is 5.78 Å². The maximum Gasteiger partial charge on any atom is 0.162 e. The molecule has 1 rings (SSSR count). The number of nitrogens with one attached hydrogen (secondary N) is 1. The molecule has 0 aliphatic rings. The number of hydrogen-bond donors (Lipinski definition) is 1. The number of carbonyl (C=O) groups excluding carboxylic acids is 1. The number of ketones is 1. The van der Waals surface area contributed by atoms with Gasteiger partial charge in [0.2, 0.25) is 0 Å². The van der Waals surface area contributed by atoms with Gasteiger partial charge in [0, 0.05) is 17.3 Å². The molecule has 0 aromatic heterocycles. The van der Waals surface area contributed by atoms with Gasteiger partial charge in [0.05, 0.1) is 5.02 Å². The molecule has 0 aliphatic heterocycles. The van der Waals surface area contributed by atoms with E-state index in [0.717, 1.165) is 0 Å². The Kier molecular flexibility index (Phi) is 4.29. The smallest absolute Gasteiger partial charge is 0.162 e. The molecule has 0 aliphatic carbocycles. The maximum atomic E-state index is 12.9. The van der Waals surface area contributed by atoms with Crippen molar-refractivity contribution in [3.8, 4) is 0 Å². The fourth-order valence-corrected chi connectivity index (χ4v) is 1.23. The highest BCUT2D eigenvalue weighted by atomic mass is 35.5. The van der Waals surface area contributed by atoms with Gasteiger partial charge < -0.3 is 5.32 Å². The highest BCUT2D eigenvalue weighted by molar-refractivity contribution is 6.31. The van der Waals surface area contributed by atoms with Crippen LogP contribution in [0.25, 0.3) is 0 Å². The Morgan fingerprint density at radius 3 is 2.59 bits per heavy atom. The first-order chi connectivity index (χ1) is 7.80. The van der Waals surface area contributed by atoms with Crippen LogP contribution in [0.3, 0.4) is 0 Å². The standard InChI is InChI=1S/C13H15ClFNO/c1-13(2,3)12(17)6-7-16-9-4-5-11(15)10(14)8-9/h4-8,16H,1-3H3. The lowest BCUT2D eigenvalue weighted by Gasteiger charge is -2.13. The van der Waals surface area contributed by atoms with E-state index in [2.05, 4.69) is 5.32 Å². The van der Waals surface area contributed by atoms with Crippen molar-refractivity contribution in [2.24, 2.45) is 5.41 Å². The normalized spacial score (nSPS) is 11.8. The molecule has 0 radical (unpaired) electrons. The zero-order valence-corrected chi connectivity index (χ0v) is 10.8. The Bertz CT molecular complexity index is 449. The van der Waals surface area contributed by atoms with Gasteiger partial charge in [-0.15, -0.1) is 0 Å². The van der Waals surface area contributed by atoms with Crippen LogP contribution in [0.5, 0.6) is 0 Å². The van der Waals surface area contributed by atoms with E-state index in [-0.39, 0.29) is 10.8 Å². The van der Waals surface area contributed by atoms with Gasteiger partial charge in [-0.3, -0.25) is 4.79 Å². The minimum atomic E-state index is -0.466. The van der Waals surface area contributed by atoms with Crippen LogP contribution < -0.4 is 5.32 Å². The van der Waals surface area contributed by atoms with Gasteiger partial charge in [0.1, 0.15) is 5.82 Å². The second kappa shape index (κ2) is 5.32. The summed E-state index contributed by atoms with van der Waals surface area (Å²) < 4.78 is 12.9. The van der Waals surface area contributed by atoms with Crippen LogP contribution in [0.4, 0.5) is 10.1 Å². The molecule has 1 aromatic rings. The quantitative estimate of drug-likeness (QED) is 0.827. The van der Waals surface area contributed by atoms with Crippen molar-refractivity contribution in [2.45, 2.75) is 20.8 Å². The van der Waals surface area contributed by atoms with Crippen LogP contribution >= 0.6 is 11.6 Å². The molecule has 0 spiro atoms. The summed E-state index contributed by atoms with van der Waals surface area (Å²) in [5, 5.41) is 2.91. The number of hydrogen-bond acceptors (Lipinski definition) is 2. The van der Waals surface area contributed by atoms with E-state index in [4.69, 9.17) is 11.6 Å². The average Bonchev–Trinajstić information content (AvgIpc) is 2.22. The maximum absolute atomic E-state index is 12.9. The molecule has 1 aromatic carbocycles. The van der Waals surface area contributed by atoms with Gasteiger partial charge in [0.15, 0.2) is 5.78 Å². The van der Waals surface area contributed by atoms with Crippen molar-refractivity contribution in [1.29, 1.82) is 0 Å². The van der Waals surface area contributed by atoms with Crippen molar-refractivity contribution < 1.29 is 9.18 Å². The van der Waals surface area contributed by atoms with Crippen molar-refractivity contribution in [2.75, 3.05) is 5.32 Å². The van der Waals surface area contributed by atoms with Gasteiger partial charge in [-0.25, -0.2) is 4.39 Å². The third-order valence-corrected chi connectivity index (χ3v) is 2.43. The molecule has 0 heterocycles. The first-order valence-corrected chi connectivity index (χ1v) is 5.61. The molecule has 4 heteroatoms. The van der Waals surface area contributed by atoms with E-state index in [1.165, 1.54) is 24.4 Å². The molecule has 92 valence electrons. The Balaban J connectivity index is 2.65. The van der Waals surface area contributed by atoms with Crippen molar-refractivity contribution in [1.82, 2.24) is 0 Å². The van der Waals surface area contributed by atoms with Gasteiger partial charge in [0.25, 0.3) is 0 Å². The Morgan fingerprint density at radius 2 is 2.06 bits per heavy atom. The molecule has 0 atom stereocenters. The summed E-state index contributed by atoms with van der Waals surface area (Å²) in [4.78, 5) is 11.6. The van der Waals surface area contributed by atoms with Gasteiger partial charge in [-0.2, -0.15) is 0 Å². The monoisotopic (exact) mass is 255 g/mol. The molecule has 0 amide bonds. The highest BCUT2D eigenvalue weighted by Gasteiger charge is 2.17. The minimum Gasteiger partial charge on any atom is -0.362 e. The Morgan fingerprint density at radius 1 is 1.41 bits per heavy atom. The topological polar surface area (TPSA) is 29.1 Å². The molecule has 2 nitrogen and oxygen atoms in total. The summed E-state index contributed by atoms with van der Waals surface area (Å²) in [7, 11) is 0. The molecule has 0 bridgehead atoms. The van der Waals surface area contributed by atoms with Gasteiger partial charge in [-0.05, 0) is 24.3 Å². The third kappa shape index (κ3) is 4.19. The van der Waals surface area contributed by atoms with E-state index in [0.29, 0.717) is 5.69 Å². The van der Waals surface area contributed by atoms with Crippen molar-refractivity contribution in [3.05, 3.63) is 41.3 Å². The Labute approximate surface area is 105 Å². The van der Waals surface area contributed by atoms with Crippen LogP contribution in [0, 0.1) is 11.2 Å². The fourth-order valence-electron chi connectivity index (χ4n) is 1.05. The second-order valence-electron chi connectivity index (χ2n) is 4.72. The van der Waals surface area contributed by atoms with Crippen LogP contribution in [0.15, 0.2) is 30.5 Å². The van der Waals surface area contributed by atoms with E-state index in [1.54, 1.807) is 6.07 Å². The number of benzene rings is 1. The van der Waals surface area contributed by atoms with E-state index >= 15 is 0 Å². The Hall–Kier alpha value is -1.35. The van der Waals surface area contributed by atoms with Gasteiger partial charge >= 0.3 is 0 Å². The molecule has 0 unspecified atom stereocenters. The number of allylic oxidation sites excluding steroid dienone is 1. The molecule has 17 heavy (non-hydrogen) atoms. The summed E-state index contributed by atoms with van der Waals surface area (Å²) in [6, 6.07) is 4.28. The summed E-state index contributed by atoms with van der Waals surface area (Å²) in [6.45, 7) is 5.53. The van der Waals surface area contributed by atoms with Crippen LogP contribution in [-0.2, 0) is 4.79 Å². The summed E-state index contributed by atoms with van der Waals surface area (Å²) in [5.41, 5.74) is 0.230. The van der Waals surface area contributed by atoms with E-state index in [1.807, 2.05) is 20.8 Å². The molecule has 0 saturated carbocycles. The predicted octanol–water partition coefficient (Wildman–Crippen LogP) is 4.02. The van der Waals surface area contributed by atoms with Crippen molar-refractivity contribution in [3.63, 3.8) is 0 Å². The highest BCUT2D eigenvalue weighted by Crippen LogP contribution is 2.19. The molecule has 0 fully saturated rings. The number of carbonyl (C=O) groups is 1. The summed E-state index contributed by atoms with van der Waals surface area (Å²) >= 11 is 5.62. The van der Waals surface area contributed by atoms with Gasteiger partial charge in [-0.1, -0.05) is 32.4 Å². The third-order valence-electron chi connectivity index (χ3n) is 2.14. The average molecular weight is 256 g/mol. The molecular formula is C13H15ClFNO. The van der Waals surface area contributed by atoms with Crippen LogP contribution in [0.1, 0.15) is 20.8 Å². The largest absolute Gasteiger partial charge is 0.362 e. The SMILES string of the molecule is CC(C)(C)C(=O)C=CNc1ccc(F)c(Cl)c1. The summed E-state index contributed by atoms with van der Waals surface area (Å²) in [6.07, 6.45) is 2.98. The first-order valence-electron chi connectivity index (χ1n) is 5.23. The van der Waals surface area contributed by atoms with E-state index in [9.17, 15) is 9.18 Å². The predicted molar refractivity (Wildman–Crippen MR) is 68.6 cm³/mol. The fraction of sp³-hybridized carbons (Fsp3) is 0.308. The molecule has 0 saturated heterocycles. The second-order valence-corrected chi connectivity index (χ2v) is 5.13. The minimum absolute atomic E-state index is 0.0122. The summed E-state index contributed by atoms with van der Waals surface area (Å²) in [5.74, 6) is -0.454. The number of halogens is 2. The lowest BCUT2D eigenvalue weighted by atomic mass is 9.91. The van der Waals surface area contributed by atoms with E-state index < -0.39 is 11.2 Å².